The third kappa shape index (κ3) is 5.03. The molecule has 1 unspecified atom stereocenters. The van der Waals surface area contributed by atoms with Crippen molar-refractivity contribution < 1.29 is 17.6 Å². The lowest BCUT2D eigenvalue weighted by molar-refractivity contribution is -0.0222. The van der Waals surface area contributed by atoms with Gasteiger partial charge in [-0.15, -0.1) is 0 Å². The Bertz CT molecular complexity index is 1090. The van der Waals surface area contributed by atoms with Crippen molar-refractivity contribution in [1.82, 2.24) is 30.1 Å². The van der Waals surface area contributed by atoms with Gasteiger partial charge in [-0.05, 0) is 13.8 Å². The van der Waals surface area contributed by atoms with E-state index in [2.05, 4.69) is 40.8 Å². The average molecular weight is 451 g/mol. The summed E-state index contributed by atoms with van der Waals surface area (Å²) in [6, 6.07) is 1.76. The highest BCUT2D eigenvalue weighted by molar-refractivity contribution is 5.52. The van der Waals surface area contributed by atoms with E-state index in [4.69, 9.17) is 0 Å². The highest BCUT2D eigenvalue weighted by Crippen LogP contribution is 2.30. The molecule has 3 aromatic rings. The van der Waals surface area contributed by atoms with E-state index in [0.717, 1.165) is 18.0 Å². The van der Waals surface area contributed by atoms with E-state index in [1.54, 1.807) is 17.9 Å². The van der Waals surface area contributed by atoms with Crippen molar-refractivity contribution in [2.24, 2.45) is 0 Å². The molecule has 4 heterocycles. The lowest BCUT2D eigenvalue weighted by Gasteiger charge is -2.31. The number of aryl methyl sites for hydroxylation is 1. The molecule has 9 nitrogen and oxygen atoms in total. The number of anilines is 4. The monoisotopic (exact) mass is 451 g/mol. The van der Waals surface area contributed by atoms with Gasteiger partial charge in [-0.3, -0.25) is 10.1 Å². The van der Waals surface area contributed by atoms with Crippen molar-refractivity contribution in [1.29, 1.82) is 0 Å². The van der Waals surface area contributed by atoms with Gasteiger partial charge in [0, 0.05) is 43.8 Å². The summed E-state index contributed by atoms with van der Waals surface area (Å²) in [5, 5.41) is 12.7. The normalized spacial score (nSPS) is 16.6. The summed E-state index contributed by atoms with van der Waals surface area (Å²) < 4.78 is 54.5. The van der Waals surface area contributed by atoms with Crippen LogP contribution in [0.1, 0.15) is 37.2 Å². The van der Waals surface area contributed by atoms with Crippen LogP contribution in [0.5, 0.6) is 0 Å². The van der Waals surface area contributed by atoms with Crippen LogP contribution in [0.15, 0.2) is 18.3 Å². The number of aromatic amines is 1. The van der Waals surface area contributed by atoms with Crippen LogP contribution in [-0.2, 0) is 0 Å². The highest BCUT2D eigenvalue weighted by Gasteiger charge is 2.35. The summed E-state index contributed by atoms with van der Waals surface area (Å²) >= 11 is 0. The van der Waals surface area contributed by atoms with E-state index in [1.807, 2.05) is 6.92 Å². The quantitative estimate of drug-likeness (QED) is 0.487. The Morgan fingerprint density at radius 2 is 1.81 bits per heavy atom. The van der Waals surface area contributed by atoms with Gasteiger partial charge in [0.1, 0.15) is 11.6 Å². The first kappa shape index (κ1) is 21.7. The Morgan fingerprint density at radius 3 is 2.47 bits per heavy atom. The minimum Gasteiger partial charge on any atom is -0.346 e. The molecule has 3 aromatic heterocycles. The summed E-state index contributed by atoms with van der Waals surface area (Å²) in [6.07, 6.45) is 0.282. The van der Waals surface area contributed by atoms with E-state index in [-0.39, 0.29) is 49.5 Å². The second-order valence-electron chi connectivity index (χ2n) is 7.57. The van der Waals surface area contributed by atoms with Crippen LogP contribution < -0.4 is 15.5 Å². The van der Waals surface area contributed by atoms with Crippen molar-refractivity contribution >= 4 is 23.7 Å². The first-order chi connectivity index (χ1) is 15.2. The third-order valence-corrected chi connectivity index (χ3v) is 4.94. The minimum absolute atomic E-state index is 0.0246. The molecule has 170 valence electrons. The number of nitrogens with one attached hydrogen (secondary N) is 3. The number of pyridine rings is 1. The number of alkyl halides is 2. The van der Waals surface area contributed by atoms with Crippen molar-refractivity contribution in [3.05, 3.63) is 41.4 Å². The predicted octanol–water partition coefficient (Wildman–Crippen LogP) is 3.73. The molecule has 1 aliphatic rings. The maximum Gasteiger partial charge on any atom is 0.251 e. The van der Waals surface area contributed by atoms with Gasteiger partial charge in [-0.25, -0.2) is 17.6 Å². The summed E-state index contributed by atoms with van der Waals surface area (Å²) in [5.74, 6) is -3.49. The van der Waals surface area contributed by atoms with Crippen molar-refractivity contribution in [2.75, 3.05) is 28.6 Å². The van der Waals surface area contributed by atoms with Crippen molar-refractivity contribution in [3.63, 3.8) is 0 Å². The zero-order chi connectivity index (χ0) is 22.9. The number of hydrogen-bond donors (Lipinski definition) is 3. The predicted molar refractivity (Wildman–Crippen MR) is 109 cm³/mol. The highest BCUT2D eigenvalue weighted by atomic mass is 19.3. The van der Waals surface area contributed by atoms with Crippen LogP contribution in [-0.4, -0.2) is 49.1 Å². The van der Waals surface area contributed by atoms with E-state index in [9.17, 15) is 17.6 Å². The largest absolute Gasteiger partial charge is 0.346 e. The first-order valence-corrected chi connectivity index (χ1v) is 9.94. The molecule has 0 amide bonds. The van der Waals surface area contributed by atoms with E-state index < -0.39 is 23.6 Å². The fourth-order valence-electron chi connectivity index (χ4n) is 3.26. The summed E-state index contributed by atoms with van der Waals surface area (Å²) in [7, 11) is 0. The van der Waals surface area contributed by atoms with E-state index >= 15 is 0 Å². The van der Waals surface area contributed by atoms with Gasteiger partial charge in [0.25, 0.3) is 5.92 Å². The molecule has 0 saturated carbocycles. The number of hydrogen-bond acceptors (Lipinski definition) is 8. The molecule has 3 N–H and O–H groups in total. The van der Waals surface area contributed by atoms with Gasteiger partial charge < -0.3 is 15.5 Å². The fourth-order valence-corrected chi connectivity index (χ4v) is 3.26. The molecule has 4 rings (SSSR count). The third-order valence-electron chi connectivity index (χ3n) is 4.94. The average Bonchev–Trinajstić information content (AvgIpc) is 3.12. The Hall–Kier alpha value is -3.51. The van der Waals surface area contributed by atoms with Gasteiger partial charge in [0.15, 0.2) is 5.82 Å². The molecule has 1 fully saturated rings. The second kappa shape index (κ2) is 8.55. The number of rotatable bonds is 6. The van der Waals surface area contributed by atoms with Gasteiger partial charge in [-0.2, -0.15) is 20.1 Å². The van der Waals surface area contributed by atoms with Crippen LogP contribution in [0, 0.1) is 18.6 Å². The molecule has 0 bridgehead atoms. The molecule has 32 heavy (non-hydrogen) atoms. The molecule has 13 heteroatoms. The van der Waals surface area contributed by atoms with Gasteiger partial charge >= 0.3 is 0 Å². The maximum atomic E-state index is 14.1. The number of aromatic nitrogens is 6. The van der Waals surface area contributed by atoms with Crippen LogP contribution in [0.2, 0.25) is 0 Å². The standard InChI is InChI=1S/C19H21F4N9/c1-10-7-14(31-30-10)26-17-27-16(25-11(2)15-13(21)8-12(20)9-24-15)28-18(29-17)32-5-3-19(22,23)4-6-32/h7-9,11H,3-6H2,1-2H3,(H3,25,26,27,28,29,30,31). The SMILES string of the molecule is Cc1cc(Nc2nc(NC(C)c3ncc(F)cc3F)nc(N3CCC(F)(F)CC3)n2)n[nH]1. The zero-order valence-corrected chi connectivity index (χ0v) is 17.3. The summed E-state index contributed by atoms with van der Waals surface area (Å²) in [5.41, 5.74) is 0.785. The van der Waals surface area contributed by atoms with Crippen molar-refractivity contribution in [2.45, 2.75) is 38.7 Å². The lowest BCUT2D eigenvalue weighted by atomic mass is 10.1. The smallest absolute Gasteiger partial charge is 0.251 e. The van der Waals surface area contributed by atoms with E-state index in [1.165, 1.54) is 0 Å². The number of piperidine rings is 1. The molecule has 0 radical (unpaired) electrons. The Kier molecular flexibility index (Phi) is 5.80. The minimum atomic E-state index is -2.72. The maximum absolute atomic E-state index is 14.1. The lowest BCUT2D eigenvalue weighted by Crippen LogP contribution is -2.40. The molecular weight excluding hydrogens is 430 g/mol. The van der Waals surface area contributed by atoms with Crippen LogP contribution >= 0.6 is 0 Å². The Morgan fingerprint density at radius 1 is 1.09 bits per heavy atom. The molecule has 0 aromatic carbocycles. The summed E-state index contributed by atoms with van der Waals surface area (Å²) in [6.45, 7) is 3.57. The topological polar surface area (TPSA) is 108 Å². The second-order valence-corrected chi connectivity index (χ2v) is 7.57. The molecule has 1 saturated heterocycles. The van der Waals surface area contributed by atoms with Gasteiger partial charge in [0.2, 0.25) is 17.8 Å². The number of halogens is 4. The van der Waals surface area contributed by atoms with Gasteiger partial charge in [0.05, 0.1) is 17.9 Å². The van der Waals surface area contributed by atoms with Crippen molar-refractivity contribution in [3.8, 4) is 0 Å². The molecule has 0 aliphatic carbocycles. The Balaban J connectivity index is 1.61. The first-order valence-electron chi connectivity index (χ1n) is 9.94. The fraction of sp³-hybridized carbons (Fsp3) is 0.421. The van der Waals surface area contributed by atoms with Gasteiger partial charge in [-0.1, -0.05) is 0 Å². The molecule has 0 spiro atoms. The number of nitrogens with zero attached hydrogens (tertiary/aromatic N) is 6. The molecule has 1 aliphatic heterocycles. The van der Waals surface area contributed by atoms with Crippen LogP contribution in [0.25, 0.3) is 0 Å². The number of H-pyrrole nitrogens is 1. The Labute approximate surface area is 180 Å². The summed E-state index contributed by atoms with van der Waals surface area (Å²) in [4.78, 5) is 18.3. The van der Waals surface area contributed by atoms with Crippen LogP contribution in [0.4, 0.5) is 41.2 Å². The molecular formula is C19H21F4N9. The van der Waals surface area contributed by atoms with Crippen LogP contribution in [0.3, 0.4) is 0 Å². The zero-order valence-electron chi connectivity index (χ0n) is 17.3. The van der Waals surface area contributed by atoms with E-state index in [0.29, 0.717) is 5.82 Å². The molecule has 1 atom stereocenters.